The summed E-state index contributed by atoms with van der Waals surface area (Å²) in [7, 11) is 3.11. The highest BCUT2D eigenvalue weighted by molar-refractivity contribution is 5.95. The van der Waals surface area contributed by atoms with Crippen LogP contribution in [-0.4, -0.2) is 63.3 Å². The van der Waals surface area contributed by atoms with E-state index in [0.717, 1.165) is 6.42 Å². The molecule has 10 heteroatoms. The molecule has 1 aliphatic rings. The topological polar surface area (TPSA) is 108 Å². The third-order valence-corrected chi connectivity index (χ3v) is 5.14. The first-order valence-corrected chi connectivity index (χ1v) is 9.77. The smallest absolute Gasteiger partial charge is 0.280 e. The summed E-state index contributed by atoms with van der Waals surface area (Å²) in [6.45, 7) is 5.16. The van der Waals surface area contributed by atoms with E-state index in [4.69, 9.17) is 14.0 Å². The molecule has 30 heavy (non-hydrogen) atoms. The molecule has 10 nitrogen and oxygen atoms in total. The van der Waals surface area contributed by atoms with E-state index in [0.29, 0.717) is 47.6 Å². The average Bonchev–Trinajstić information content (AvgIpc) is 3.51. The second-order valence-electron chi connectivity index (χ2n) is 7.46. The van der Waals surface area contributed by atoms with Crippen LogP contribution in [0.15, 0.2) is 28.9 Å². The average molecular weight is 412 g/mol. The zero-order valence-corrected chi connectivity index (χ0v) is 17.4. The van der Waals surface area contributed by atoms with Gasteiger partial charge in [-0.25, -0.2) is 4.68 Å². The highest BCUT2D eigenvalue weighted by Gasteiger charge is 2.30. The van der Waals surface area contributed by atoms with Crippen LogP contribution in [0.5, 0.6) is 11.5 Å². The van der Waals surface area contributed by atoms with Crippen molar-refractivity contribution in [3.05, 3.63) is 35.8 Å². The predicted octanol–water partition coefficient (Wildman–Crippen LogP) is 2.56. The Labute approximate surface area is 173 Å². The van der Waals surface area contributed by atoms with E-state index in [1.807, 2.05) is 13.8 Å². The van der Waals surface area contributed by atoms with Gasteiger partial charge in [-0.3, -0.25) is 4.79 Å². The summed E-state index contributed by atoms with van der Waals surface area (Å²) in [5.41, 5.74) is 1.08. The van der Waals surface area contributed by atoms with E-state index in [1.165, 1.54) is 0 Å². The SMILES string of the molecule is COc1ccc(C(=O)N2CCC(n3cc(-c4nc(C(C)C)no4)nn3)C2)cc1OC. The summed E-state index contributed by atoms with van der Waals surface area (Å²) < 4.78 is 17.6. The first-order chi connectivity index (χ1) is 14.5. The van der Waals surface area contributed by atoms with Gasteiger partial charge in [0.25, 0.3) is 11.8 Å². The third kappa shape index (κ3) is 3.72. The van der Waals surface area contributed by atoms with Crippen molar-refractivity contribution < 1.29 is 18.8 Å². The molecule has 158 valence electrons. The Bertz CT molecular complexity index is 1040. The first-order valence-electron chi connectivity index (χ1n) is 9.77. The molecular weight excluding hydrogens is 388 g/mol. The van der Waals surface area contributed by atoms with Gasteiger partial charge in [0.15, 0.2) is 23.0 Å². The Balaban J connectivity index is 1.45. The van der Waals surface area contributed by atoms with E-state index in [1.54, 1.807) is 48.2 Å². The molecule has 1 saturated heterocycles. The van der Waals surface area contributed by atoms with Crippen LogP contribution in [0.25, 0.3) is 11.6 Å². The molecule has 3 heterocycles. The number of hydrogen-bond donors (Lipinski definition) is 0. The van der Waals surface area contributed by atoms with Gasteiger partial charge in [-0.2, -0.15) is 4.98 Å². The van der Waals surface area contributed by atoms with Crippen LogP contribution in [0.3, 0.4) is 0 Å². The second kappa shape index (κ2) is 8.13. The predicted molar refractivity (Wildman–Crippen MR) is 107 cm³/mol. The Morgan fingerprint density at radius 3 is 2.73 bits per heavy atom. The number of methoxy groups -OCH3 is 2. The van der Waals surface area contributed by atoms with Crippen molar-refractivity contribution in [2.24, 2.45) is 0 Å². The number of rotatable bonds is 6. The maximum Gasteiger partial charge on any atom is 0.280 e. The lowest BCUT2D eigenvalue weighted by molar-refractivity contribution is 0.0786. The molecule has 1 aromatic carbocycles. The fourth-order valence-electron chi connectivity index (χ4n) is 3.42. The Kier molecular flexibility index (Phi) is 5.39. The van der Waals surface area contributed by atoms with Gasteiger partial charge < -0.3 is 18.9 Å². The van der Waals surface area contributed by atoms with E-state index >= 15 is 0 Å². The monoisotopic (exact) mass is 412 g/mol. The van der Waals surface area contributed by atoms with Gasteiger partial charge in [0.1, 0.15) is 0 Å². The Hall–Kier alpha value is -3.43. The zero-order valence-electron chi connectivity index (χ0n) is 17.4. The Morgan fingerprint density at radius 2 is 2.03 bits per heavy atom. The molecular formula is C20H24N6O4. The number of aromatic nitrogens is 5. The standard InChI is InChI=1S/C20H24N6O4/c1-12(2)18-21-19(30-23-18)15-11-26(24-22-15)14-7-8-25(10-14)20(27)13-5-6-16(28-3)17(9-13)29-4/h5-6,9,11-12,14H,7-8,10H2,1-4H3. The molecule has 2 aromatic heterocycles. The molecule has 0 bridgehead atoms. The molecule has 1 amide bonds. The van der Waals surface area contributed by atoms with Crippen LogP contribution >= 0.6 is 0 Å². The quantitative estimate of drug-likeness (QED) is 0.608. The van der Waals surface area contributed by atoms with Crippen LogP contribution in [0.2, 0.25) is 0 Å². The zero-order chi connectivity index (χ0) is 21.3. The van der Waals surface area contributed by atoms with Gasteiger partial charge >= 0.3 is 0 Å². The number of carbonyl (C=O) groups is 1. The lowest BCUT2D eigenvalue weighted by Gasteiger charge is -2.17. The number of benzene rings is 1. The highest BCUT2D eigenvalue weighted by atomic mass is 16.5. The maximum atomic E-state index is 12.9. The minimum Gasteiger partial charge on any atom is -0.493 e. The van der Waals surface area contributed by atoms with Gasteiger partial charge in [-0.15, -0.1) is 5.10 Å². The molecule has 0 aliphatic carbocycles. The van der Waals surface area contributed by atoms with E-state index in [2.05, 4.69) is 20.5 Å². The van der Waals surface area contributed by atoms with Crippen LogP contribution in [0, 0.1) is 0 Å². The minimum absolute atomic E-state index is 0.0304. The van der Waals surface area contributed by atoms with Gasteiger partial charge in [-0.1, -0.05) is 24.2 Å². The summed E-state index contributed by atoms with van der Waals surface area (Å²) in [4.78, 5) is 19.1. The van der Waals surface area contributed by atoms with Gasteiger partial charge in [0.05, 0.1) is 26.5 Å². The number of amides is 1. The molecule has 1 atom stereocenters. The third-order valence-electron chi connectivity index (χ3n) is 5.14. The van der Waals surface area contributed by atoms with Crippen molar-refractivity contribution in [3.8, 4) is 23.1 Å². The summed E-state index contributed by atoms with van der Waals surface area (Å²) in [5, 5.41) is 12.3. The fraction of sp³-hybridized carbons (Fsp3) is 0.450. The second-order valence-corrected chi connectivity index (χ2v) is 7.46. The van der Waals surface area contributed by atoms with Gasteiger partial charge in [0, 0.05) is 24.6 Å². The van der Waals surface area contributed by atoms with Gasteiger partial charge in [-0.05, 0) is 24.6 Å². The van der Waals surface area contributed by atoms with Crippen LogP contribution < -0.4 is 9.47 Å². The van der Waals surface area contributed by atoms with Crippen LogP contribution in [0.4, 0.5) is 0 Å². The van der Waals surface area contributed by atoms with Crippen molar-refractivity contribution >= 4 is 5.91 Å². The van der Waals surface area contributed by atoms with Crippen molar-refractivity contribution in [2.75, 3.05) is 27.3 Å². The number of likely N-dealkylation sites (tertiary alicyclic amines) is 1. The molecule has 0 spiro atoms. The maximum absolute atomic E-state index is 12.9. The number of carbonyl (C=O) groups excluding carboxylic acids is 1. The lowest BCUT2D eigenvalue weighted by Crippen LogP contribution is -2.29. The molecule has 0 saturated carbocycles. The highest BCUT2D eigenvalue weighted by Crippen LogP contribution is 2.30. The molecule has 0 radical (unpaired) electrons. The lowest BCUT2D eigenvalue weighted by atomic mass is 10.1. The summed E-state index contributed by atoms with van der Waals surface area (Å²) in [6.07, 6.45) is 2.57. The van der Waals surface area contributed by atoms with E-state index < -0.39 is 0 Å². The first kappa shape index (κ1) is 19.9. The summed E-state index contributed by atoms with van der Waals surface area (Å²) in [6, 6.07) is 5.21. The number of ether oxygens (including phenoxy) is 2. The van der Waals surface area contributed by atoms with E-state index in [-0.39, 0.29) is 17.9 Å². The largest absolute Gasteiger partial charge is 0.493 e. The Morgan fingerprint density at radius 1 is 1.23 bits per heavy atom. The molecule has 1 fully saturated rings. The number of nitrogens with zero attached hydrogens (tertiary/aromatic N) is 6. The summed E-state index contributed by atoms with van der Waals surface area (Å²) in [5.74, 6) is 2.21. The molecule has 4 rings (SSSR count). The fourth-order valence-corrected chi connectivity index (χ4v) is 3.42. The normalized spacial score (nSPS) is 16.3. The van der Waals surface area contributed by atoms with Crippen LogP contribution in [0.1, 0.15) is 48.4 Å². The molecule has 0 N–H and O–H groups in total. The van der Waals surface area contributed by atoms with Gasteiger partial charge in [0.2, 0.25) is 0 Å². The molecule has 1 aliphatic heterocycles. The minimum atomic E-state index is -0.0581. The molecule has 3 aromatic rings. The van der Waals surface area contributed by atoms with Crippen molar-refractivity contribution in [2.45, 2.75) is 32.2 Å². The molecule has 1 unspecified atom stereocenters. The number of hydrogen-bond acceptors (Lipinski definition) is 8. The van der Waals surface area contributed by atoms with Crippen molar-refractivity contribution in [1.29, 1.82) is 0 Å². The van der Waals surface area contributed by atoms with Crippen LogP contribution in [-0.2, 0) is 0 Å². The van der Waals surface area contributed by atoms with Crippen molar-refractivity contribution in [3.63, 3.8) is 0 Å². The summed E-state index contributed by atoms with van der Waals surface area (Å²) >= 11 is 0. The van der Waals surface area contributed by atoms with Crippen molar-refractivity contribution in [1.82, 2.24) is 30.0 Å². The van der Waals surface area contributed by atoms with E-state index in [9.17, 15) is 4.79 Å².